The van der Waals surface area contributed by atoms with Gasteiger partial charge in [0, 0.05) is 12.6 Å². The fourth-order valence-corrected chi connectivity index (χ4v) is 2.06. The van der Waals surface area contributed by atoms with E-state index in [4.69, 9.17) is 4.74 Å². The molecule has 0 unspecified atom stereocenters. The number of benzene rings is 1. The number of para-hydroxylation sites is 1. The Kier molecular flexibility index (Phi) is 5.55. The first-order valence-electron chi connectivity index (χ1n) is 7.24. The third kappa shape index (κ3) is 4.08. The summed E-state index contributed by atoms with van der Waals surface area (Å²) in [5.41, 5.74) is 1.02. The molecule has 0 amide bonds. The van der Waals surface area contributed by atoms with Gasteiger partial charge in [-0.25, -0.2) is 0 Å². The van der Waals surface area contributed by atoms with Crippen LogP contribution in [0.15, 0.2) is 41.2 Å². The van der Waals surface area contributed by atoms with Gasteiger partial charge in [-0.3, -0.25) is 4.79 Å². The predicted octanol–water partition coefficient (Wildman–Crippen LogP) is 1.60. The zero-order valence-corrected chi connectivity index (χ0v) is 13.2. The van der Waals surface area contributed by atoms with Crippen LogP contribution in [0.5, 0.6) is 5.88 Å². The van der Waals surface area contributed by atoms with E-state index in [1.165, 1.54) is 11.8 Å². The van der Waals surface area contributed by atoms with Gasteiger partial charge in [0.2, 0.25) is 5.88 Å². The number of hydrogen-bond acceptors (Lipinski definition) is 5. The van der Waals surface area contributed by atoms with Gasteiger partial charge in [0.1, 0.15) is 5.69 Å². The van der Waals surface area contributed by atoms with Crippen LogP contribution in [0.25, 0.3) is 5.69 Å². The summed E-state index contributed by atoms with van der Waals surface area (Å²) in [6.45, 7) is 1.68. The number of nitrogens with zero attached hydrogens (tertiary/aromatic N) is 3. The second-order valence-corrected chi connectivity index (χ2v) is 5.24. The summed E-state index contributed by atoms with van der Waals surface area (Å²) in [5.74, 6) is 0.401. The van der Waals surface area contributed by atoms with E-state index in [0.717, 1.165) is 19.5 Å². The molecule has 0 saturated heterocycles. The summed E-state index contributed by atoms with van der Waals surface area (Å²) in [6, 6.07) is 10.9. The highest BCUT2D eigenvalue weighted by atomic mass is 16.5. The van der Waals surface area contributed by atoms with Crippen LogP contribution in [0.2, 0.25) is 0 Å². The molecule has 0 saturated carbocycles. The van der Waals surface area contributed by atoms with Crippen molar-refractivity contribution in [1.29, 1.82) is 0 Å². The largest absolute Gasteiger partial charge is 0.480 e. The summed E-state index contributed by atoms with van der Waals surface area (Å²) in [6.07, 6.45) is 0.947. The van der Waals surface area contributed by atoms with Gasteiger partial charge in [0.25, 0.3) is 5.56 Å². The molecule has 0 spiro atoms. The molecular weight excluding hydrogens is 280 g/mol. The second kappa shape index (κ2) is 7.61. The van der Waals surface area contributed by atoms with Gasteiger partial charge in [-0.05, 0) is 39.2 Å². The molecule has 1 aromatic carbocycles. The number of ether oxygens (including phenoxy) is 1. The van der Waals surface area contributed by atoms with Crippen molar-refractivity contribution < 1.29 is 4.74 Å². The van der Waals surface area contributed by atoms with Crippen molar-refractivity contribution >= 4 is 5.69 Å². The predicted molar refractivity (Wildman–Crippen MR) is 88.0 cm³/mol. The normalized spacial score (nSPS) is 10.7. The monoisotopic (exact) mass is 302 g/mol. The standard InChI is InChI=1S/C16H22N4O2/c1-19(2)11-7-10-17-14-12-15(22-3)18-20(16(14)21)13-8-5-4-6-9-13/h4-6,8-9,12,17H,7,10-11H2,1-3H3. The smallest absolute Gasteiger partial charge is 0.295 e. The number of nitrogens with one attached hydrogen (secondary N) is 1. The first kappa shape index (κ1) is 16.0. The SMILES string of the molecule is COc1cc(NCCCN(C)C)c(=O)n(-c2ccccc2)n1. The maximum absolute atomic E-state index is 12.5. The van der Waals surface area contributed by atoms with Crippen molar-refractivity contribution in [2.45, 2.75) is 6.42 Å². The zero-order valence-electron chi connectivity index (χ0n) is 13.2. The fourth-order valence-electron chi connectivity index (χ4n) is 2.06. The first-order chi connectivity index (χ1) is 10.6. The van der Waals surface area contributed by atoms with Crippen LogP contribution in [0, 0.1) is 0 Å². The first-order valence-corrected chi connectivity index (χ1v) is 7.24. The van der Waals surface area contributed by atoms with Crippen molar-refractivity contribution in [3.8, 4) is 11.6 Å². The number of methoxy groups -OCH3 is 1. The van der Waals surface area contributed by atoms with E-state index in [1.54, 1.807) is 6.07 Å². The van der Waals surface area contributed by atoms with Crippen LogP contribution >= 0.6 is 0 Å². The van der Waals surface area contributed by atoms with Crippen LogP contribution in [0.1, 0.15) is 6.42 Å². The van der Waals surface area contributed by atoms with Crippen LogP contribution in [0.4, 0.5) is 5.69 Å². The van der Waals surface area contributed by atoms with E-state index in [2.05, 4.69) is 15.3 Å². The van der Waals surface area contributed by atoms with Gasteiger partial charge < -0.3 is 15.0 Å². The Labute approximate surface area is 130 Å². The molecule has 1 heterocycles. The lowest BCUT2D eigenvalue weighted by atomic mass is 10.3. The Hall–Kier alpha value is -2.34. The third-order valence-corrected chi connectivity index (χ3v) is 3.20. The van der Waals surface area contributed by atoms with E-state index >= 15 is 0 Å². The molecule has 0 fully saturated rings. The number of aromatic nitrogens is 2. The van der Waals surface area contributed by atoms with Gasteiger partial charge in [-0.15, -0.1) is 5.10 Å². The molecule has 2 rings (SSSR count). The van der Waals surface area contributed by atoms with Gasteiger partial charge in [0.15, 0.2) is 0 Å². The van der Waals surface area contributed by atoms with Crippen LogP contribution in [-0.4, -0.2) is 49.0 Å². The van der Waals surface area contributed by atoms with Crippen molar-refractivity contribution in [3.05, 3.63) is 46.8 Å². The number of rotatable bonds is 7. The third-order valence-electron chi connectivity index (χ3n) is 3.20. The van der Waals surface area contributed by atoms with E-state index < -0.39 is 0 Å². The van der Waals surface area contributed by atoms with Gasteiger partial charge in [-0.2, -0.15) is 4.68 Å². The van der Waals surface area contributed by atoms with Crippen molar-refractivity contribution in [2.75, 3.05) is 39.6 Å². The van der Waals surface area contributed by atoms with Gasteiger partial charge in [-0.1, -0.05) is 18.2 Å². The Morgan fingerprint density at radius 1 is 1.27 bits per heavy atom. The molecule has 6 nitrogen and oxygen atoms in total. The van der Waals surface area contributed by atoms with E-state index in [1.807, 2.05) is 44.4 Å². The lowest BCUT2D eigenvalue weighted by Crippen LogP contribution is -2.26. The van der Waals surface area contributed by atoms with E-state index in [9.17, 15) is 4.79 Å². The van der Waals surface area contributed by atoms with Crippen molar-refractivity contribution in [1.82, 2.24) is 14.7 Å². The minimum Gasteiger partial charge on any atom is -0.480 e. The Balaban J connectivity index is 2.25. The summed E-state index contributed by atoms with van der Waals surface area (Å²) in [5, 5.41) is 7.39. The molecule has 0 atom stereocenters. The van der Waals surface area contributed by atoms with Crippen LogP contribution < -0.4 is 15.6 Å². The maximum Gasteiger partial charge on any atom is 0.295 e. The molecule has 0 aliphatic carbocycles. The maximum atomic E-state index is 12.5. The number of hydrogen-bond donors (Lipinski definition) is 1. The second-order valence-electron chi connectivity index (χ2n) is 5.24. The fraction of sp³-hybridized carbons (Fsp3) is 0.375. The number of anilines is 1. The van der Waals surface area contributed by atoms with Crippen molar-refractivity contribution in [2.24, 2.45) is 0 Å². The summed E-state index contributed by atoms with van der Waals surface area (Å²) >= 11 is 0. The molecule has 2 aromatic rings. The highest BCUT2D eigenvalue weighted by molar-refractivity contribution is 5.46. The molecule has 0 aliphatic rings. The quantitative estimate of drug-likeness (QED) is 0.787. The lowest BCUT2D eigenvalue weighted by Gasteiger charge is -2.12. The summed E-state index contributed by atoms with van der Waals surface area (Å²) in [4.78, 5) is 14.6. The Morgan fingerprint density at radius 2 is 2.00 bits per heavy atom. The molecule has 118 valence electrons. The van der Waals surface area contributed by atoms with Crippen LogP contribution in [-0.2, 0) is 0 Å². The Bertz CT molecular complexity index is 653. The topological polar surface area (TPSA) is 59.4 Å². The average Bonchev–Trinajstić information content (AvgIpc) is 2.53. The van der Waals surface area contributed by atoms with E-state index in [-0.39, 0.29) is 5.56 Å². The molecule has 0 bridgehead atoms. The molecule has 1 aromatic heterocycles. The average molecular weight is 302 g/mol. The molecular formula is C16H22N4O2. The van der Waals surface area contributed by atoms with Crippen molar-refractivity contribution in [3.63, 3.8) is 0 Å². The zero-order chi connectivity index (χ0) is 15.9. The minimum absolute atomic E-state index is 0.183. The molecule has 1 N–H and O–H groups in total. The molecule has 0 aliphatic heterocycles. The van der Waals surface area contributed by atoms with E-state index in [0.29, 0.717) is 17.3 Å². The summed E-state index contributed by atoms with van der Waals surface area (Å²) < 4.78 is 6.55. The van der Waals surface area contributed by atoms with Gasteiger partial charge in [0.05, 0.1) is 12.8 Å². The lowest BCUT2D eigenvalue weighted by molar-refractivity contribution is 0.386. The minimum atomic E-state index is -0.183. The molecule has 6 heteroatoms. The Morgan fingerprint density at radius 3 is 2.64 bits per heavy atom. The summed E-state index contributed by atoms with van der Waals surface area (Å²) in [7, 11) is 5.59. The van der Waals surface area contributed by atoms with Gasteiger partial charge >= 0.3 is 0 Å². The molecule has 22 heavy (non-hydrogen) atoms. The highest BCUT2D eigenvalue weighted by Crippen LogP contribution is 2.12. The molecule has 0 radical (unpaired) electrons. The van der Waals surface area contributed by atoms with Crippen LogP contribution in [0.3, 0.4) is 0 Å². The highest BCUT2D eigenvalue weighted by Gasteiger charge is 2.10.